The molecule has 2 saturated heterocycles. The quantitative estimate of drug-likeness (QED) is 0.850. The number of carbonyl (C=O) groups excluding carboxylic acids is 1. The highest BCUT2D eigenvalue weighted by atomic mass is 32.1. The van der Waals surface area contributed by atoms with E-state index in [1.165, 1.54) is 37.7 Å². The second-order valence-corrected chi connectivity index (χ2v) is 8.18. The lowest BCUT2D eigenvalue weighted by Gasteiger charge is -2.47. The highest BCUT2D eigenvalue weighted by Gasteiger charge is 2.41. The van der Waals surface area contributed by atoms with Crippen molar-refractivity contribution in [2.75, 3.05) is 19.6 Å². The van der Waals surface area contributed by atoms with Gasteiger partial charge in [-0.1, -0.05) is 12.8 Å². The molecular weight excluding hydrogens is 292 g/mol. The molecule has 0 N–H and O–H groups in total. The zero-order valence-electron chi connectivity index (χ0n) is 13.2. The van der Waals surface area contributed by atoms with Crippen LogP contribution in [0.5, 0.6) is 0 Å². The molecule has 120 valence electrons. The summed E-state index contributed by atoms with van der Waals surface area (Å²) in [5, 5.41) is 4.35. The van der Waals surface area contributed by atoms with E-state index in [4.69, 9.17) is 0 Å². The minimum Gasteiger partial charge on any atom is -0.341 e. The van der Waals surface area contributed by atoms with E-state index in [1.807, 2.05) is 0 Å². The Kier molecular flexibility index (Phi) is 4.23. The molecular formula is C18H26N2OS. The molecule has 4 heteroatoms. The van der Waals surface area contributed by atoms with E-state index < -0.39 is 0 Å². The molecule has 0 aromatic carbocycles. The van der Waals surface area contributed by atoms with Gasteiger partial charge in [0.15, 0.2) is 0 Å². The highest BCUT2D eigenvalue weighted by molar-refractivity contribution is 7.07. The summed E-state index contributed by atoms with van der Waals surface area (Å²) in [5.74, 6) is 1.93. The van der Waals surface area contributed by atoms with Crippen LogP contribution in [-0.2, 0) is 11.3 Å². The average molecular weight is 318 g/mol. The maximum Gasteiger partial charge on any atom is 0.239 e. The van der Waals surface area contributed by atoms with Crippen LogP contribution in [-0.4, -0.2) is 41.4 Å². The topological polar surface area (TPSA) is 23.6 Å². The predicted molar refractivity (Wildman–Crippen MR) is 89.8 cm³/mol. The average Bonchev–Trinajstić information content (AvgIpc) is 3.20. The second kappa shape index (κ2) is 6.32. The van der Waals surface area contributed by atoms with Gasteiger partial charge >= 0.3 is 0 Å². The number of fused-ring (bicyclic) bond motifs is 2. The fraction of sp³-hybridized carbons (Fsp3) is 0.722. The minimum absolute atomic E-state index is 0.147. The molecule has 3 heterocycles. The van der Waals surface area contributed by atoms with Gasteiger partial charge in [-0.2, -0.15) is 11.3 Å². The minimum atomic E-state index is 0.147. The lowest BCUT2D eigenvalue weighted by atomic mass is 9.85. The van der Waals surface area contributed by atoms with Crippen LogP contribution in [0.15, 0.2) is 16.8 Å². The first-order valence-corrected chi connectivity index (χ1v) is 9.78. The molecule has 1 aliphatic carbocycles. The first-order chi connectivity index (χ1) is 10.8. The van der Waals surface area contributed by atoms with Crippen LogP contribution in [0.1, 0.15) is 44.1 Å². The monoisotopic (exact) mass is 318 g/mol. The van der Waals surface area contributed by atoms with Crippen LogP contribution in [0.4, 0.5) is 0 Å². The fourth-order valence-corrected chi connectivity index (χ4v) is 5.26. The number of nitrogens with zero attached hydrogens (tertiary/aromatic N) is 2. The summed E-state index contributed by atoms with van der Waals surface area (Å²) in [6, 6.07) is 2.34. The van der Waals surface area contributed by atoms with E-state index in [0.29, 0.717) is 5.91 Å². The number of likely N-dealkylation sites (tertiary alicyclic amines) is 2. The molecule has 3 aliphatic rings. The first-order valence-electron chi connectivity index (χ1n) is 8.83. The molecule has 1 amide bonds. The third-order valence-electron chi connectivity index (χ3n) is 5.82. The van der Waals surface area contributed by atoms with Gasteiger partial charge in [-0.3, -0.25) is 9.69 Å². The summed E-state index contributed by atoms with van der Waals surface area (Å²) in [6.07, 6.45) is 7.74. The maximum absolute atomic E-state index is 12.9. The van der Waals surface area contributed by atoms with Crippen molar-refractivity contribution in [3.63, 3.8) is 0 Å². The van der Waals surface area contributed by atoms with E-state index in [1.54, 1.807) is 11.3 Å². The molecule has 4 rings (SSSR count). The third-order valence-corrected chi connectivity index (χ3v) is 6.55. The Balaban J connectivity index is 1.44. The van der Waals surface area contributed by atoms with Crippen molar-refractivity contribution in [2.24, 2.45) is 11.8 Å². The molecule has 1 aromatic rings. The number of amides is 1. The normalized spacial score (nSPS) is 30.2. The number of thiophene rings is 1. The number of hydrogen-bond acceptors (Lipinski definition) is 3. The summed E-state index contributed by atoms with van der Waals surface area (Å²) < 4.78 is 0. The van der Waals surface area contributed by atoms with E-state index in [0.717, 1.165) is 44.4 Å². The van der Waals surface area contributed by atoms with Crippen molar-refractivity contribution in [3.05, 3.63) is 22.4 Å². The number of carbonyl (C=O) groups is 1. The second-order valence-electron chi connectivity index (χ2n) is 7.40. The Morgan fingerprint density at radius 2 is 2.09 bits per heavy atom. The van der Waals surface area contributed by atoms with Crippen molar-refractivity contribution < 1.29 is 4.79 Å². The van der Waals surface area contributed by atoms with Gasteiger partial charge in [-0.15, -0.1) is 0 Å². The predicted octanol–water partition coefficient (Wildman–Crippen LogP) is 3.36. The molecule has 22 heavy (non-hydrogen) atoms. The standard InChI is InChI=1S/C18H26N2OS/c21-18-17-9-15(11-20(18)10-14-3-1-2-4-14)5-7-19(17)12-16-6-8-22-13-16/h6,8,13-15,17H,1-5,7,9-12H2/t15-,17+/m0/s1. The Hall–Kier alpha value is -0.870. The van der Waals surface area contributed by atoms with Gasteiger partial charge in [0, 0.05) is 19.6 Å². The van der Waals surface area contributed by atoms with Gasteiger partial charge in [0.1, 0.15) is 0 Å². The Morgan fingerprint density at radius 1 is 1.23 bits per heavy atom. The molecule has 1 saturated carbocycles. The summed E-state index contributed by atoms with van der Waals surface area (Å²) in [5.41, 5.74) is 1.36. The molecule has 0 unspecified atom stereocenters. The smallest absolute Gasteiger partial charge is 0.239 e. The molecule has 2 bridgehead atoms. The molecule has 3 fully saturated rings. The van der Waals surface area contributed by atoms with Crippen LogP contribution in [0, 0.1) is 11.8 Å². The van der Waals surface area contributed by atoms with Crippen molar-refractivity contribution in [1.82, 2.24) is 9.80 Å². The Labute approximate surface area is 137 Å². The van der Waals surface area contributed by atoms with E-state index in [-0.39, 0.29) is 6.04 Å². The largest absolute Gasteiger partial charge is 0.341 e. The molecule has 1 aromatic heterocycles. The number of rotatable bonds is 4. The van der Waals surface area contributed by atoms with E-state index in [9.17, 15) is 4.79 Å². The fourth-order valence-electron chi connectivity index (χ4n) is 4.60. The molecule has 0 spiro atoms. The van der Waals surface area contributed by atoms with Crippen molar-refractivity contribution in [2.45, 2.75) is 51.1 Å². The Bertz CT molecular complexity index is 509. The van der Waals surface area contributed by atoms with Crippen LogP contribution in [0.3, 0.4) is 0 Å². The van der Waals surface area contributed by atoms with Gasteiger partial charge in [-0.05, 0) is 66.5 Å². The summed E-state index contributed by atoms with van der Waals surface area (Å²) in [6.45, 7) is 4.09. The van der Waals surface area contributed by atoms with Crippen molar-refractivity contribution >= 4 is 17.2 Å². The van der Waals surface area contributed by atoms with Crippen LogP contribution in [0.2, 0.25) is 0 Å². The number of piperidine rings is 2. The maximum atomic E-state index is 12.9. The van der Waals surface area contributed by atoms with Gasteiger partial charge < -0.3 is 4.90 Å². The summed E-state index contributed by atoms with van der Waals surface area (Å²) in [4.78, 5) is 17.6. The van der Waals surface area contributed by atoms with Gasteiger partial charge in [-0.25, -0.2) is 0 Å². The van der Waals surface area contributed by atoms with E-state index >= 15 is 0 Å². The van der Waals surface area contributed by atoms with Gasteiger partial charge in [0.25, 0.3) is 0 Å². The van der Waals surface area contributed by atoms with Crippen LogP contribution in [0.25, 0.3) is 0 Å². The van der Waals surface area contributed by atoms with Gasteiger partial charge in [0.05, 0.1) is 6.04 Å². The van der Waals surface area contributed by atoms with Crippen molar-refractivity contribution in [1.29, 1.82) is 0 Å². The molecule has 3 nitrogen and oxygen atoms in total. The third kappa shape index (κ3) is 2.95. The van der Waals surface area contributed by atoms with E-state index in [2.05, 4.69) is 26.6 Å². The zero-order valence-corrected chi connectivity index (χ0v) is 14.1. The first kappa shape index (κ1) is 14.7. The number of hydrogen-bond donors (Lipinski definition) is 0. The molecule has 2 atom stereocenters. The highest BCUT2D eigenvalue weighted by Crippen LogP contribution is 2.33. The van der Waals surface area contributed by atoms with Crippen LogP contribution < -0.4 is 0 Å². The lowest BCUT2D eigenvalue weighted by Crippen LogP contribution is -2.59. The van der Waals surface area contributed by atoms with Crippen molar-refractivity contribution in [3.8, 4) is 0 Å². The zero-order chi connectivity index (χ0) is 14.9. The SMILES string of the molecule is O=C1[C@H]2C[C@H](CCN2Cc2ccsc2)CN1CC1CCCC1. The van der Waals surface area contributed by atoms with Gasteiger partial charge in [0.2, 0.25) is 5.91 Å². The summed E-state index contributed by atoms with van der Waals surface area (Å²) in [7, 11) is 0. The molecule has 0 radical (unpaired) electrons. The molecule has 2 aliphatic heterocycles. The lowest BCUT2D eigenvalue weighted by molar-refractivity contribution is -0.146. The van der Waals surface area contributed by atoms with Crippen LogP contribution >= 0.6 is 11.3 Å². The summed E-state index contributed by atoms with van der Waals surface area (Å²) >= 11 is 1.75. The Morgan fingerprint density at radius 3 is 2.86 bits per heavy atom.